The Morgan fingerprint density at radius 1 is 0.714 bits per heavy atom. The molecule has 1 aliphatic heterocycles. The van der Waals surface area contributed by atoms with Gasteiger partial charge in [-0.25, -0.2) is 0 Å². The monoisotopic (exact) mass is 383 g/mol. The second kappa shape index (κ2) is 14.9. The number of nitrogens with zero attached hydrogens (tertiary/aromatic N) is 1. The predicted molar refractivity (Wildman–Crippen MR) is 126 cm³/mol. The van der Waals surface area contributed by atoms with Gasteiger partial charge in [-0.3, -0.25) is 4.90 Å². The zero-order valence-corrected chi connectivity index (χ0v) is 18.9. The van der Waals surface area contributed by atoms with Crippen molar-refractivity contribution < 1.29 is 0 Å². The van der Waals surface area contributed by atoms with E-state index in [4.69, 9.17) is 0 Å². The molecule has 1 aliphatic rings. The Balaban J connectivity index is 1.84. The summed E-state index contributed by atoms with van der Waals surface area (Å²) >= 11 is 0. The van der Waals surface area contributed by atoms with Crippen LogP contribution in [0.3, 0.4) is 0 Å². The lowest BCUT2D eigenvalue weighted by molar-refractivity contribution is 0.282. The Morgan fingerprint density at radius 3 is 2.00 bits per heavy atom. The molecule has 0 saturated heterocycles. The summed E-state index contributed by atoms with van der Waals surface area (Å²) in [6.45, 7) is 8.37. The number of rotatable bonds is 15. The number of unbranched alkanes of at least 4 members (excludes halogenated alkanes) is 10. The van der Waals surface area contributed by atoms with Crippen LogP contribution in [0.2, 0.25) is 0 Å². The first-order chi connectivity index (χ1) is 13.8. The summed E-state index contributed by atoms with van der Waals surface area (Å²) in [5.74, 6) is 0. The third kappa shape index (κ3) is 8.95. The molecule has 1 aromatic carbocycles. The van der Waals surface area contributed by atoms with Gasteiger partial charge in [0.2, 0.25) is 0 Å². The van der Waals surface area contributed by atoms with Crippen LogP contribution in [-0.4, -0.2) is 24.5 Å². The van der Waals surface area contributed by atoms with E-state index in [1.165, 1.54) is 115 Å². The first-order valence-corrected chi connectivity index (χ1v) is 12.3. The molecule has 0 atom stereocenters. The Hall–Kier alpha value is -1.08. The van der Waals surface area contributed by atoms with Gasteiger partial charge in [-0.15, -0.1) is 0 Å². The van der Waals surface area contributed by atoms with E-state index in [2.05, 4.69) is 49.1 Å². The van der Waals surface area contributed by atoms with Crippen molar-refractivity contribution in [3.63, 3.8) is 0 Å². The van der Waals surface area contributed by atoms with E-state index in [1.54, 1.807) is 11.1 Å². The van der Waals surface area contributed by atoms with E-state index >= 15 is 0 Å². The molecule has 0 aliphatic carbocycles. The van der Waals surface area contributed by atoms with Gasteiger partial charge in [-0.1, -0.05) is 114 Å². The van der Waals surface area contributed by atoms with Crippen LogP contribution in [0, 0.1) is 0 Å². The zero-order chi connectivity index (χ0) is 19.9. The molecule has 28 heavy (non-hydrogen) atoms. The van der Waals surface area contributed by atoms with Gasteiger partial charge in [-0.2, -0.15) is 0 Å². The second-order valence-corrected chi connectivity index (χ2v) is 8.76. The molecule has 0 bridgehead atoms. The van der Waals surface area contributed by atoms with Crippen molar-refractivity contribution in [2.45, 2.75) is 104 Å². The Morgan fingerprint density at radius 2 is 1.32 bits per heavy atom. The van der Waals surface area contributed by atoms with Crippen molar-refractivity contribution in [2.24, 2.45) is 0 Å². The highest BCUT2D eigenvalue weighted by Gasteiger charge is 2.19. The maximum atomic E-state index is 2.73. The average molecular weight is 384 g/mol. The molecule has 158 valence electrons. The smallest absolute Gasteiger partial charge is 0.0199 e. The quantitative estimate of drug-likeness (QED) is 0.275. The first kappa shape index (κ1) is 23.2. The number of benzene rings is 1. The highest BCUT2D eigenvalue weighted by molar-refractivity contribution is 5.69. The number of hydrogen-bond acceptors (Lipinski definition) is 1. The minimum absolute atomic E-state index is 1.22. The molecule has 0 N–H and O–H groups in total. The predicted octanol–water partition coefficient (Wildman–Crippen LogP) is 8.26. The van der Waals surface area contributed by atoms with E-state index in [0.717, 1.165) is 0 Å². The minimum atomic E-state index is 1.22. The van der Waals surface area contributed by atoms with Crippen molar-refractivity contribution >= 4 is 5.57 Å². The molecule has 2 rings (SSSR count). The normalized spacial score (nSPS) is 15.4. The molecule has 0 amide bonds. The summed E-state index contributed by atoms with van der Waals surface area (Å²) in [6.07, 6.45) is 19.3. The van der Waals surface area contributed by atoms with Crippen LogP contribution in [0.1, 0.15) is 109 Å². The van der Waals surface area contributed by atoms with Crippen molar-refractivity contribution in [3.8, 4) is 0 Å². The summed E-state index contributed by atoms with van der Waals surface area (Å²) < 4.78 is 0. The maximum absolute atomic E-state index is 2.73. The van der Waals surface area contributed by atoms with Gasteiger partial charge in [0.25, 0.3) is 0 Å². The molecule has 0 radical (unpaired) electrons. The Labute approximate surface area is 175 Å². The molecule has 0 spiro atoms. The standard InChI is InChI=1S/C27H45N/c1-3-5-7-9-11-14-20-26-24-28(22-17-12-10-8-6-4-2)23-21-27(26)25-18-15-13-16-19-25/h13,15-16,18-19H,3-12,14,17,20-24H2,1-2H3. The van der Waals surface area contributed by atoms with Crippen LogP contribution < -0.4 is 0 Å². The van der Waals surface area contributed by atoms with Crippen LogP contribution in [0.25, 0.3) is 5.57 Å². The van der Waals surface area contributed by atoms with Crippen LogP contribution >= 0.6 is 0 Å². The molecular weight excluding hydrogens is 338 g/mol. The zero-order valence-electron chi connectivity index (χ0n) is 18.9. The van der Waals surface area contributed by atoms with Crippen LogP contribution in [-0.2, 0) is 0 Å². The summed E-state index contributed by atoms with van der Waals surface area (Å²) in [5.41, 5.74) is 4.87. The maximum Gasteiger partial charge on any atom is 0.0199 e. The van der Waals surface area contributed by atoms with Gasteiger partial charge in [0, 0.05) is 13.1 Å². The third-order valence-corrected chi connectivity index (χ3v) is 6.30. The lowest BCUT2D eigenvalue weighted by Gasteiger charge is -2.31. The lowest BCUT2D eigenvalue weighted by Crippen LogP contribution is -2.32. The summed E-state index contributed by atoms with van der Waals surface area (Å²) in [6, 6.07) is 11.2. The van der Waals surface area contributed by atoms with Crippen molar-refractivity contribution in [3.05, 3.63) is 41.5 Å². The van der Waals surface area contributed by atoms with Crippen molar-refractivity contribution in [1.82, 2.24) is 4.90 Å². The fourth-order valence-corrected chi connectivity index (χ4v) is 4.53. The second-order valence-electron chi connectivity index (χ2n) is 8.76. The van der Waals surface area contributed by atoms with E-state index in [0.29, 0.717) is 0 Å². The van der Waals surface area contributed by atoms with Crippen molar-refractivity contribution in [2.75, 3.05) is 19.6 Å². The van der Waals surface area contributed by atoms with Gasteiger partial charge in [0.15, 0.2) is 0 Å². The lowest BCUT2D eigenvalue weighted by atomic mass is 9.90. The highest BCUT2D eigenvalue weighted by Crippen LogP contribution is 2.30. The van der Waals surface area contributed by atoms with E-state index in [9.17, 15) is 0 Å². The van der Waals surface area contributed by atoms with E-state index in [1.807, 2.05) is 0 Å². The largest absolute Gasteiger partial charge is 0.299 e. The third-order valence-electron chi connectivity index (χ3n) is 6.30. The van der Waals surface area contributed by atoms with E-state index in [-0.39, 0.29) is 0 Å². The molecule has 1 aromatic rings. The Kier molecular flexibility index (Phi) is 12.3. The average Bonchev–Trinajstić information content (AvgIpc) is 2.74. The fourth-order valence-electron chi connectivity index (χ4n) is 4.53. The summed E-state index contributed by atoms with van der Waals surface area (Å²) in [7, 11) is 0. The fraction of sp³-hybridized carbons (Fsp3) is 0.704. The molecule has 1 nitrogen and oxygen atoms in total. The van der Waals surface area contributed by atoms with Gasteiger partial charge >= 0.3 is 0 Å². The Bertz CT molecular complexity index is 530. The molecule has 0 fully saturated rings. The van der Waals surface area contributed by atoms with Crippen molar-refractivity contribution in [1.29, 1.82) is 0 Å². The topological polar surface area (TPSA) is 3.24 Å². The van der Waals surface area contributed by atoms with Gasteiger partial charge in [0.05, 0.1) is 0 Å². The van der Waals surface area contributed by atoms with Crippen LogP contribution in [0.4, 0.5) is 0 Å². The van der Waals surface area contributed by atoms with Crippen LogP contribution in [0.15, 0.2) is 35.9 Å². The van der Waals surface area contributed by atoms with Gasteiger partial charge in [-0.05, 0) is 43.4 Å². The molecule has 0 saturated carbocycles. The van der Waals surface area contributed by atoms with Gasteiger partial charge < -0.3 is 0 Å². The molecule has 1 heteroatoms. The first-order valence-electron chi connectivity index (χ1n) is 12.3. The highest BCUT2D eigenvalue weighted by atomic mass is 15.1. The molecule has 0 aromatic heterocycles. The summed E-state index contributed by atoms with van der Waals surface area (Å²) in [4.78, 5) is 2.73. The van der Waals surface area contributed by atoms with Crippen LogP contribution in [0.5, 0.6) is 0 Å². The van der Waals surface area contributed by atoms with E-state index < -0.39 is 0 Å². The summed E-state index contributed by atoms with van der Waals surface area (Å²) in [5, 5.41) is 0. The number of hydrogen-bond donors (Lipinski definition) is 0. The SMILES string of the molecule is CCCCCCCCC1=C(c2ccccc2)CCN(CCCCCCCC)C1. The molecule has 0 unspecified atom stereocenters. The molecular formula is C27H45N. The van der Waals surface area contributed by atoms with Gasteiger partial charge in [0.1, 0.15) is 0 Å². The molecule has 1 heterocycles. The minimum Gasteiger partial charge on any atom is -0.299 e.